The van der Waals surface area contributed by atoms with Crippen molar-refractivity contribution in [1.82, 2.24) is 10.2 Å². The van der Waals surface area contributed by atoms with Gasteiger partial charge in [-0.2, -0.15) is 0 Å². The van der Waals surface area contributed by atoms with Crippen molar-refractivity contribution in [3.05, 3.63) is 0 Å². The molecule has 0 spiro atoms. The van der Waals surface area contributed by atoms with Gasteiger partial charge < -0.3 is 10.1 Å². The summed E-state index contributed by atoms with van der Waals surface area (Å²) in [7, 11) is 0. The third-order valence-electron chi connectivity index (χ3n) is 4.16. The molecule has 3 heteroatoms. The van der Waals surface area contributed by atoms with E-state index >= 15 is 0 Å². The molecule has 3 nitrogen and oxygen atoms in total. The molecule has 2 rings (SSSR count). The lowest BCUT2D eigenvalue weighted by atomic mass is 9.95. The fraction of sp³-hybridized carbons (Fsp3) is 1.00. The van der Waals surface area contributed by atoms with Gasteiger partial charge in [-0.3, -0.25) is 4.90 Å². The minimum Gasteiger partial charge on any atom is -0.380 e. The van der Waals surface area contributed by atoms with Crippen LogP contribution in [0.25, 0.3) is 0 Å². The van der Waals surface area contributed by atoms with Crippen molar-refractivity contribution in [2.45, 2.75) is 57.7 Å². The van der Waals surface area contributed by atoms with Gasteiger partial charge in [0, 0.05) is 24.2 Å². The molecule has 0 amide bonds. The topological polar surface area (TPSA) is 24.5 Å². The van der Waals surface area contributed by atoms with E-state index in [1.54, 1.807) is 0 Å². The molecule has 0 bridgehead atoms. The summed E-state index contributed by atoms with van der Waals surface area (Å²) in [6.45, 7) is 11.1. The van der Waals surface area contributed by atoms with Crippen molar-refractivity contribution in [2.75, 3.05) is 26.3 Å². The Kier molecular flexibility index (Phi) is 3.88. The predicted octanol–water partition coefficient (Wildman–Crippen LogP) is 1.63. The Hall–Kier alpha value is -0.120. The predicted molar refractivity (Wildman–Crippen MR) is 66.7 cm³/mol. The Balaban J connectivity index is 2.04. The number of hydrogen-bond acceptors (Lipinski definition) is 3. The molecule has 2 saturated heterocycles. The van der Waals surface area contributed by atoms with Crippen LogP contribution in [0.15, 0.2) is 0 Å². The van der Waals surface area contributed by atoms with Crippen molar-refractivity contribution in [3.8, 4) is 0 Å². The zero-order chi connectivity index (χ0) is 11.6. The molecule has 0 aromatic rings. The first kappa shape index (κ1) is 12.3. The van der Waals surface area contributed by atoms with E-state index < -0.39 is 0 Å². The van der Waals surface area contributed by atoms with E-state index in [4.69, 9.17) is 4.74 Å². The van der Waals surface area contributed by atoms with Crippen LogP contribution in [-0.4, -0.2) is 48.8 Å². The fourth-order valence-electron chi connectivity index (χ4n) is 3.27. The van der Waals surface area contributed by atoms with Crippen molar-refractivity contribution >= 4 is 0 Å². The maximum absolute atomic E-state index is 5.68. The zero-order valence-electron chi connectivity index (χ0n) is 11.0. The molecule has 2 aliphatic rings. The van der Waals surface area contributed by atoms with Crippen molar-refractivity contribution < 1.29 is 4.74 Å². The third-order valence-corrected chi connectivity index (χ3v) is 4.16. The number of likely N-dealkylation sites (tertiary alicyclic amines) is 1. The largest absolute Gasteiger partial charge is 0.380 e. The highest BCUT2D eigenvalue weighted by atomic mass is 16.5. The van der Waals surface area contributed by atoms with Crippen LogP contribution in [0.1, 0.15) is 40.0 Å². The highest BCUT2D eigenvalue weighted by molar-refractivity contribution is 4.97. The SMILES string of the molecule is CCNC1CCOCC1N1CCCC1(C)C. The van der Waals surface area contributed by atoms with Gasteiger partial charge in [-0.1, -0.05) is 6.92 Å². The highest BCUT2D eigenvalue weighted by Gasteiger charge is 2.40. The van der Waals surface area contributed by atoms with Crippen LogP contribution in [0.2, 0.25) is 0 Å². The highest BCUT2D eigenvalue weighted by Crippen LogP contribution is 2.32. The van der Waals surface area contributed by atoms with E-state index in [0.29, 0.717) is 17.6 Å². The second-order valence-electron chi connectivity index (χ2n) is 5.70. The van der Waals surface area contributed by atoms with Gasteiger partial charge in [0.25, 0.3) is 0 Å². The molecular formula is C13H26N2O. The van der Waals surface area contributed by atoms with E-state index in [9.17, 15) is 0 Å². The maximum atomic E-state index is 5.68. The minimum absolute atomic E-state index is 0.360. The summed E-state index contributed by atoms with van der Waals surface area (Å²) < 4.78 is 5.68. The summed E-state index contributed by atoms with van der Waals surface area (Å²) >= 11 is 0. The minimum atomic E-state index is 0.360. The summed E-state index contributed by atoms with van der Waals surface area (Å²) in [4.78, 5) is 2.67. The lowest BCUT2D eigenvalue weighted by molar-refractivity contribution is -0.0245. The molecule has 0 aromatic carbocycles. The molecule has 0 saturated carbocycles. The molecular weight excluding hydrogens is 200 g/mol. The molecule has 1 N–H and O–H groups in total. The van der Waals surface area contributed by atoms with E-state index in [1.807, 2.05) is 0 Å². The Morgan fingerprint density at radius 3 is 2.88 bits per heavy atom. The van der Waals surface area contributed by atoms with E-state index in [2.05, 4.69) is 31.0 Å². The lowest BCUT2D eigenvalue weighted by Crippen LogP contribution is -2.59. The summed E-state index contributed by atoms with van der Waals surface area (Å²) in [5.41, 5.74) is 0.360. The number of nitrogens with one attached hydrogen (secondary N) is 1. The monoisotopic (exact) mass is 226 g/mol. The molecule has 2 aliphatic heterocycles. The second kappa shape index (κ2) is 5.03. The summed E-state index contributed by atoms with van der Waals surface area (Å²) in [6.07, 6.45) is 3.82. The molecule has 2 fully saturated rings. The summed E-state index contributed by atoms with van der Waals surface area (Å²) in [6, 6.07) is 1.20. The molecule has 0 aromatic heterocycles. The van der Waals surface area contributed by atoms with Crippen LogP contribution < -0.4 is 5.32 Å². The van der Waals surface area contributed by atoms with E-state index in [1.165, 1.54) is 19.4 Å². The fourth-order valence-corrected chi connectivity index (χ4v) is 3.27. The standard InChI is InChI=1S/C13H26N2O/c1-4-14-11-6-9-16-10-12(11)15-8-5-7-13(15,2)3/h11-12,14H,4-10H2,1-3H3. The Morgan fingerprint density at radius 2 is 2.25 bits per heavy atom. The Bertz CT molecular complexity index is 228. The van der Waals surface area contributed by atoms with Gasteiger partial charge in [0.1, 0.15) is 0 Å². The normalized spacial score (nSPS) is 35.4. The molecule has 94 valence electrons. The summed E-state index contributed by atoms with van der Waals surface area (Å²) in [5.74, 6) is 0. The van der Waals surface area contributed by atoms with Gasteiger partial charge >= 0.3 is 0 Å². The van der Waals surface area contributed by atoms with E-state index in [-0.39, 0.29) is 0 Å². The van der Waals surface area contributed by atoms with Crippen molar-refractivity contribution in [3.63, 3.8) is 0 Å². The number of rotatable bonds is 3. The molecule has 0 radical (unpaired) electrons. The number of hydrogen-bond donors (Lipinski definition) is 1. The van der Waals surface area contributed by atoms with Gasteiger partial charge in [0.2, 0.25) is 0 Å². The third kappa shape index (κ3) is 2.41. The molecule has 0 aliphatic carbocycles. The average Bonchev–Trinajstić information content (AvgIpc) is 2.59. The zero-order valence-corrected chi connectivity index (χ0v) is 11.0. The van der Waals surface area contributed by atoms with Gasteiger partial charge in [-0.05, 0) is 46.2 Å². The number of ether oxygens (including phenoxy) is 1. The second-order valence-corrected chi connectivity index (χ2v) is 5.70. The van der Waals surface area contributed by atoms with Gasteiger partial charge in [0.05, 0.1) is 6.61 Å². The van der Waals surface area contributed by atoms with Crippen LogP contribution in [0.5, 0.6) is 0 Å². The van der Waals surface area contributed by atoms with Crippen LogP contribution in [0.3, 0.4) is 0 Å². The number of likely N-dealkylation sites (N-methyl/N-ethyl adjacent to an activating group) is 1. The smallest absolute Gasteiger partial charge is 0.0637 e. The molecule has 16 heavy (non-hydrogen) atoms. The summed E-state index contributed by atoms with van der Waals surface area (Å²) in [5, 5.41) is 3.63. The molecule has 2 atom stereocenters. The molecule has 2 unspecified atom stereocenters. The van der Waals surface area contributed by atoms with Crippen molar-refractivity contribution in [1.29, 1.82) is 0 Å². The first-order valence-corrected chi connectivity index (χ1v) is 6.73. The van der Waals surface area contributed by atoms with Gasteiger partial charge in [-0.25, -0.2) is 0 Å². The van der Waals surface area contributed by atoms with E-state index in [0.717, 1.165) is 26.2 Å². The van der Waals surface area contributed by atoms with Crippen LogP contribution in [0.4, 0.5) is 0 Å². The first-order valence-electron chi connectivity index (χ1n) is 6.73. The maximum Gasteiger partial charge on any atom is 0.0637 e. The quantitative estimate of drug-likeness (QED) is 0.791. The van der Waals surface area contributed by atoms with Crippen LogP contribution in [0, 0.1) is 0 Å². The molecule has 2 heterocycles. The first-order chi connectivity index (χ1) is 7.65. The average molecular weight is 226 g/mol. The Labute approximate surface area is 99.5 Å². The number of nitrogens with zero attached hydrogens (tertiary/aromatic N) is 1. The van der Waals surface area contributed by atoms with Gasteiger partial charge in [-0.15, -0.1) is 0 Å². The van der Waals surface area contributed by atoms with Gasteiger partial charge in [0.15, 0.2) is 0 Å². The van der Waals surface area contributed by atoms with Crippen LogP contribution in [-0.2, 0) is 4.74 Å². The van der Waals surface area contributed by atoms with Crippen molar-refractivity contribution in [2.24, 2.45) is 0 Å². The Morgan fingerprint density at radius 1 is 1.44 bits per heavy atom. The lowest BCUT2D eigenvalue weighted by Gasteiger charge is -2.44. The van der Waals surface area contributed by atoms with Crippen LogP contribution >= 0.6 is 0 Å².